The molecule has 0 amide bonds. The molecular formula is C44H41BrN8. The standard InChI is InChI=1S/C22H20N4.C14H12N4.C8H9Br/c1-2-17-12-14-19(15-13-17)20-10-6-7-11-21(20)22-23-24-25-26(22)16-18-8-4-3-5-9-18;1-3-7-12(8-4-1)11-18-14(15-16-17-18)13-9-5-2-6-10-13;1-2-7-3-5-8(9)6-4-7/h3-15H,2,16H2,1H3;1-10H,11H2;3-6H,2H2,1H3. The number of halogens is 1. The lowest BCUT2D eigenvalue weighted by molar-refractivity contribution is 0.653. The summed E-state index contributed by atoms with van der Waals surface area (Å²) in [6.07, 6.45) is 2.16. The van der Waals surface area contributed by atoms with Gasteiger partial charge in [0.1, 0.15) is 0 Å². The van der Waals surface area contributed by atoms with Crippen molar-refractivity contribution in [3.8, 4) is 33.9 Å². The first-order chi connectivity index (χ1) is 26.1. The molecule has 2 heterocycles. The van der Waals surface area contributed by atoms with E-state index in [9.17, 15) is 0 Å². The lowest BCUT2D eigenvalue weighted by Gasteiger charge is -2.11. The van der Waals surface area contributed by atoms with Gasteiger partial charge in [0.2, 0.25) is 0 Å². The van der Waals surface area contributed by atoms with E-state index in [0.29, 0.717) is 13.1 Å². The van der Waals surface area contributed by atoms with Crippen molar-refractivity contribution in [1.82, 2.24) is 40.4 Å². The number of hydrogen-bond donors (Lipinski definition) is 0. The molecule has 0 fully saturated rings. The van der Waals surface area contributed by atoms with Crippen molar-refractivity contribution in [2.75, 3.05) is 0 Å². The minimum atomic E-state index is 0.645. The van der Waals surface area contributed by atoms with Crippen molar-refractivity contribution in [3.05, 3.63) is 191 Å². The van der Waals surface area contributed by atoms with E-state index in [1.165, 1.54) is 27.8 Å². The van der Waals surface area contributed by atoms with Crippen LogP contribution in [0.2, 0.25) is 0 Å². The predicted molar refractivity (Wildman–Crippen MR) is 216 cm³/mol. The first kappa shape index (κ1) is 36.7. The van der Waals surface area contributed by atoms with Crippen LogP contribution in [-0.4, -0.2) is 40.4 Å². The second-order valence-electron chi connectivity index (χ2n) is 12.2. The fourth-order valence-electron chi connectivity index (χ4n) is 5.69. The Kier molecular flexibility index (Phi) is 13.1. The van der Waals surface area contributed by atoms with Crippen molar-refractivity contribution < 1.29 is 0 Å². The van der Waals surface area contributed by atoms with Gasteiger partial charge in [-0.05, 0) is 79.2 Å². The lowest BCUT2D eigenvalue weighted by Crippen LogP contribution is -2.05. The second-order valence-corrected chi connectivity index (χ2v) is 13.1. The van der Waals surface area contributed by atoms with Gasteiger partial charge in [-0.25, -0.2) is 9.36 Å². The first-order valence-electron chi connectivity index (χ1n) is 17.7. The molecule has 53 heavy (non-hydrogen) atoms. The summed E-state index contributed by atoms with van der Waals surface area (Å²) in [5.74, 6) is 1.57. The summed E-state index contributed by atoms with van der Waals surface area (Å²) < 4.78 is 4.82. The highest BCUT2D eigenvalue weighted by Crippen LogP contribution is 2.31. The minimum absolute atomic E-state index is 0.645. The van der Waals surface area contributed by atoms with Crippen LogP contribution in [0.15, 0.2) is 168 Å². The Labute approximate surface area is 319 Å². The number of tetrazole rings is 2. The highest BCUT2D eigenvalue weighted by atomic mass is 79.9. The topological polar surface area (TPSA) is 87.2 Å². The average molecular weight is 762 g/mol. The Hall–Kier alpha value is -6.06. The number of aryl methyl sites for hydroxylation is 2. The Morgan fingerprint density at radius 2 is 0.849 bits per heavy atom. The van der Waals surface area contributed by atoms with Gasteiger partial charge in [0.15, 0.2) is 11.6 Å². The van der Waals surface area contributed by atoms with E-state index in [1.807, 2.05) is 82.2 Å². The summed E-state index contributed by atoms with van der Waals surface area (Å²) >= 11 is 3.37. The van der Waals surface area contributed by atoms with E-state index in [-0.39, 0.29) is 0 Å². The van der Waals surface area contributed by atoms with Gasteiger partial charge in [0.05, 0.1) is 13.1 Å². The van der Waals surface area contributed by atoms with Crippen LogP contribution in [0, 0.1) is 0 Å². The van der Waals surface area contributed by atoms with Crippen LogP contribution in [0.4, 0.5) is 0 Å². The van der Waals surface area contributed by atoms with Gasteiger partial charge in [0, 0.05) is 15.6 Å². The molecule has 264 valence electrons. The Morgan fingerprint density at radius 1 is 0.415 bits per heavy atom. The largest absolute Gasteiger partial charge is 0.221 e. The molecule has 6 aromatic carbocycles. The minimum Gasteiger partial charge on any atom is -0.221 e. The Morgan fingerprint density at radius 3 is 1.38 bits per heavy atom. The summed E-state index contributed by atoms with van der Waals surface area (Å²) in [4.78, 5) is 0. The van der Waals surface area contributed by atoms with Gasteiger partial charge >= 0.3 is 0 Å². The molecule has 0 saturated heterocycles. The van der Waals surface area contributed by atoms with Gasteiger partial charge < -0.3 is 0 Å². The monoisotopic (exact) mass is 760 g/mol. The van der Waals surface area contributed by atoms with Crippen LogP contribution >= 0.6 is 15.9 Å². The van der Waals surface area contributed by atoms with Crippen LogP contribution in [-0.2, 0) is 25.9 Å². The van der Waals surface area contributed by atoms with Crippen LogP contribution in [0.5, 0.6) is 0 Å². The highest BCUT2D eigenvalue weighted by Gasteiger charge is 2.14. The van der Waals surface area contributed by atoms with Crippen LogP contribution < -0.4 is 0 Å². The van der Waals surface area contributed by atoms with Gasteiger partial charge in [-0.2, -0.15) is 0 Å². The number of rotatable bonds is 9. The zero-order chi connectivity index (χ0) is 36.7. The van der Waals surface area contributed by atoms with E-state index < -0.39 is 0 Å². The molecule has 0 bridgehead atoms. The molecule has 0 atom stereocenters. The molecule has 0 aliphatic rings. The molecular weight excluding hydrogens is 720 g/mol. The van der Waals surface area contributed by atoms with Crippen LogP contribution in [0.25, 0.3) is 33.9 Å². The Bertz CT molecular complexity index is 2250. The van der Waals surface area contributed by atoms with Gasteiger partial charge in [-0.1, -0.05) is 181 Å². The van der Waals surface area contributed by atoms with Crippen molar-refractivity contribution in [2.45, 2.75) is 39.8 Å². The molecule has 0 unspecified atom stereocenters. The average Bonchev–Trinajstić information content (AvgIpc) is 3.89. The summed E-state index contributed by atoms with van der Waals surface area (Å²) in [7, 11) is 0. The quantitative estimate of drug-likeness (QED) is 0.146. The molecule has 0 radical (unpaired) electrons. The SMILES string of the molecule is CCc1ccc(-c2ccccc2-c2nnnn2Cc2ccccc2)cc1.CCc1ccc(Br)cc1.c1ccc(Cn2nnnc2-c2ccccc2)cc1. The van der Waals surface area contributed by atoms with Crippen molar-refractivity contribution >= 4 is 15.9 Å². The number of aromatic nitrogens is 8. The molecule has 0 spiro atoms. The molecule has 0 aliphatic carbocycles. The summed E-state index contributed by atoms with van der Waals surface area (Å²) in [5.41, 5.74) is 9.45. The van der Waals surface area contributed by atoms with Crippen LogP contribution in [0.3, 0.4) is 0 Å². The van der Waals surface area contributed by atoms with Gasteiger partial charge in [0.25, 0.3) is 0 Å². The van der Waals surface area contributed by atoms with E-state index in [4.69, 9.17) is 0 Å². The summed E-state index contributed by atoms with van der Waals surface area (Å²) in [6.45, 7) is 5.65. The molecule has 8 rings (SSSR count). The summed E-state index contributed by atoms with van der Waals surface area (Å²) in [6, 6.07) is 55.7. The van der Waals surface area contributed by atoms with E-state index in [0.717, 1.165) is 45.7 Å². The van der Waals surface area contributed by atoms with Crippen LogP contribution in [0.1, 0.15) is 36.1 Å². The maximum Gasteiger partial charge on any atom is 0.182 e. The molecule has 2 aromatic heterocycles. The molecule has 9 heteroatoms. The van der Waals surface area contributed by atoms with Gasteiger partial charge in [-0.15, -0.1) is 10.2 Å². The normalized spacial score (nSPS) is 10.5. The third-order valence-electron chi connectivity index (χ3n) is 8.61. The molecule has 8 nitrogen and oxygen atoms in total. The summed E-state index contributed by atoms with van der Waals surface area (Å²) in [5, 5.41) is 24.3. The molecule has 8 aromatic rings. The zero-order valence-corrected chi connectivity index (χ0v) is 31.5. The van der Waals surface area contributed by atoms with Crippen molar-refractivity contribution in [3.63, 3.8) is 0 Å². The smallest absolute Gasteiger partial charge is 0.182 e. The zero-order valence-electron chi connectivity index (χ0n) is 29.9. The van der Waals surface area contributed by atoms with Crippen molar-refractivity contribution in [2.24, 2.45) is 0 Å². The molecule has 0 aliphatic heterocycles. The fourth-order valence-corrected chi connectivity index (χ4v) is 5.96. The van der Waals surface area contributed by atoms with E-state index in [2.05, 4.69) is 152 Å². The fraction of sp³-hybridized carbons (Fsp3) is 0.136. The lowest BCUT2D eigenvalue weighted by atomic mass is 9.98. The number of nitrogens with zero attached hydrogens (tertiary/aromatic N) is 8. The Balaban J connectivity index is 0.000000153. The maximum absolute atomic E-state index is 4.30. The van der Waals surface area contributed by atoms with E-state index in [1.54, 1.807) is 0 Å². The number of benzene rings is 6. The first-order valence-corrected chi connectivity index (χ1v) is 18.5. The molecule has 0 N–H and O–H groups in total. The number of hydrogen-bond acceptors (Lipinski definition) is 6. The van der Waals surface area contributed by atoms with Crippen molar-refractivity contribution in [1.29, 1.82) is 0 Å². The predicted octanol–water partition coefficient (Wildman–Crippen LogP) is 10.0. The third kappa shape index (κ3) is 10.3. The maximum atomic E-state index is 4.30. The second kappa shape index (κ2) is 19.0. The third-order valence-corrected chi connectivity index (χ3v) is 9.14. The highest BCUT2D eigenvalue weighted by molar-refractivity contribution is 9.10. The molecule has 0 saturated carbocycles. The van der Waals surface area contributed by atoms with E-state index >= 15 is 0 Å². The van der Waals surface area contributed by atoms with Gasteiger partial charge in [-0.3, -0.25) is 0 Å².